The van der Waals surface area contributed by atoms with Crippen LogP contribution in [0.15, 0.2) is 33.4 Å². The Morgan fingerprint density at radius 2 is 2.00 bits per heavy atom. The van der Waals surface area contributed by atoms with E-state index < -0.39 is 0 Å². The molecular formula is C11H13BrO2. The molecule has 76 valence electrons. The zero-order valence-corrected chi connectivity index (χ0v) is 10.1. The maximum absolute atomic E-state index is 5.25. The predicted octanol–water partition coefficient (Wildman–Crippen LogP) is 4.23. The Hall–Kier alpha value is -0.960. The molecule has 1 heterocycles. The van der Waals surface area contributed by atoms with Crippen LogP contribution in [0.3, 0.4) is 0 Å². The summed E-state index contributed by atoms with van der Waals surface area (Å²) in [6.45, 7) is 4.00. The fourth-order valence-corrected chi connectivity index (χ4v) is 1.68. The number of methoxy groups -OCH3 is 1. The summed E-state index contributed by atoms with van der Waals surface area (Å²) in [5, 5.41) is 1.04. The van der Waals surface area contributed by atoms with E-state index in [-0.39, 0.29) is 0 Å². The van der Waals surface area contributed by atoms with Crippen molar-refractivity contribution in [2.75, 3.05) is 7.11 Å². The van der Waals surface area contributed by atoms with Crippen molar-refractivity contribution in [2.45, 2.75) is 13.8 Å². The third-order valence-corrected chi connectivity index (χ3v) is 2.30. The summed E-state index contributed by atoms with van der Waals surface area (Å²) in [5.74, 6) is 0.829. The monoisotopic (exact) mass is 256 g/mol. The van der Waals surface area contributed by atoms with E-state index in [1.807, 2.05) is 32.0 Å². The van der Waals surface area contributed by atoms with Crippen molar-refractivity contribution in [3.05, 3.63) is 28.9 Å². The number of fused-ring (bicyclic) bond motifs is 1. The van der Waals surface area contributed by atoms with E-state index >= 15 is 0 Å². The Bertz CT molecular complexity index is 407. The van der Waals surface area contributed by atoms with Crippen LogP contribution in [0, 0.1) is 0 Å². The summed E-state index contributed by atoms with van der Waals surface area (Å²) in [5.41, 5.74) is 0.857. The molecular weight excluding hydrogens is 244 g/mol. The van der Waals surface area contributed by atoms with E-state index in [0.29, 0.717) is 0 Å². The van der Waals surface area contributed by atoms with Gasteiger partial charge in [0.05, 0.1) is 17.8 Å². The average Bonchev–Trinajstić information content (AvgIpc) is 2.69. The minimum absolute atomic E-state index is 0.829. The van der Waals surface area contributed by atoms with E-state index in [1.165, 1.54) is 0 Å². The van der Waals surface area contributed by atoms with Crippen molar-refractivity contribution in [3.63, 3.8) is 0 Å². The summed E-state index contributed by atoms with van der Waals surface area (Å²) < 4.78 is 11.3. The summed E-state index contributed by atoms with van der Waals surface area (Å²) in [6, 6.07) is 5.72. The quantitative estimate of drug-likeness (QED) is 0.762. The molecule has 2 rings (SSSR count). The van der Waals surface area contributed by atoms with Crippen LogP contribution in [0.2, 0.25) is 0 Å². The molecule has 0 atom stereocenters. The standard InChI is InChI=1S/C9H7BrO2.C2H6/c1-11-7-4-6-2-3-12-9(6)8(10)5-7;1-2/h2-5H,1H3;1-2H3. The van der Waals surface area contributed by atoms with Gasteiger partial charge in [0.15, 0.2) is 0 Å². The van der Waals surface area contributed by atoms with Crippen LogP contribution in [-0.4, -0.2) is 7.11 Å². The minimum atomic E-state index is 0.829. The van der Waals surface area contributed by atoms with Crippen LogP contribution >= 0.6 is 15.9 Å². The maximum atomic E-state index is 5.25. The molecule has 0 amide bonds. The molecule has 3 heteroatoms. The van der Waals surface area contributed by atoms with E-state index in [0.717, 1.165) is 21.2 Å². The largest absolute Gasteiger partial charge is 0.497 e. The van der Waals surface area contributed by atoms with Gasteiger partial charge >= 0.3 is 0 Å². The number of ether oxygens (including phenoxy) is 1. The topological polar surface area (TPSA) is 22.4 Å². The first-order valence-electron chi connectivity index (χ1n) is 4.52. The zero-order chi connectivity index (χ0) is 10.6. The molecule has 0 unspecified atom stereocenters. The summed E-state index contributed by atoms with van der Waals surface area (Å²) in [4.78, 5) is 0. The highest BCUT2D eigenvalue weighted by Crippen LogP contribution is 2.29. The summed E-state index contributed by atoms with van der Waals surface area (Å²) >= 11 is 3.39. The van der Waals surface area contributed by atoms with Crippen molar-refractivity contribution >= 4 is 26.9 Å². The van der Waals surface area contributed by atoms with E-state index in [1.54, 1.807) is 13.4 Å². The van der Waals surface area contributed by atoms with Gasteiger partial charge < -0.3 is 9.15 Å². The van der Waals surface area contributed by atoms with Gasteiger partial charge in [-0.2, -0.15) is 0 Å². The van der Waals surface area contributed by atoms with Gasteiger partial charge in [-0.15, -0.1) is 0 Å². The molecule has 0 aliphatic heterocycles. The van der Waals surface area contributed by atoms with E-state index in [9.17, 15) is 0 Å². The Labute approximate surface area is 92.0 Å². The van der Waals surface area contributed by atoms with E-state index in [4.69, 9.17) is 9.15 Å². The van der Waals surface area contributed by atoms with Crippen LogP contribution in [0.1, 0.15) is 13.8 Å². The van der Waals surface area contributed by atoms with Gasteiger partial charge in [-0.1, -0.05) is 13.8 Å². The van der Waals surface area contributed by atoms with Crippen LogP contribution in [-0.2, 0) is 0 Å². The average molecular weight is 257 g/mol. The van der Waals surface area contributed by atoms with Crippen molar-refractivity contribution < 1.29 is 9.15 Å². The number of furan rings is 1. The predicted molar refractivity (Wildman–Crippen MR) is 61.8 cm³/mol. The number of rotatable bonds is 1. The lowest BCUT2D eigenvalue weighted by Crippen LogP contribution is -1.81. The molecule has 2 aromatic rings. The maximum Gasteiger partial charge on any atom is 0.148 e. The minimum Gasteiger partial charge on any atom is -0.497 e. The van der Waals surface area contributed by atoms with Gasteiger partial charge in [0, 0.05) is 5.39 Å². The molecule has 0 saturated carbocycles. The highest BCUT2D eigenvalue weighted by molar-refractivity contribution is 9.10. The lowest BCUT2D eigenvalue weighted by molar-refractivity contribution is 0.415. The van der Waals surface area contributed by atoms with Gasteiger partial charge in [-0.3, -0.25) is 0 Å². The lowest BCUT2D eigenvalue weighted by Gasteiger charge is -1.99. The SMILES string of the molecule is CC.COc1cc(Br)c2occc2c1. The third-order valence-electron chi connectivity index (χ3n) is 1.72. The fraction of sp³-hybridized carbons (Fsp3) is 0.273. The molecule has 0 fully saturated rings. The number of hydrogen-bond acceptors (Lipinski definition) is 2. The number of hydrogen-bond donors (Lipinski definition) is 0. The van der Waals surface area contributed by atoms with Gasteiger partial charge in [-0.25, -0.2) is 0 Å². The summed E-state index contributed by atoms with van der Waals surface area (Å²) in [6.07, 6.45) is 1.66. The molecule has 0 saturated heterocycles. The lowest BCUT2D eigenvalue weighted by atomic mass is 10.2. The van der Waals surface area contributed by atoms with Crippen molar-refractivity contribution in [1.29, 1.82) is 0 Å². The Kier molecular flexibility index (Phi) is 4.01. The number of halogens is 1. The van der Waals surface area contributed by atoms with E-state index in [2.05, 4.69) is 15.9 Å². The van der Waals surface area contributed by atoms with Crippen LogP contribution in [0.25, 0.3) is 11.0 Å². The van der Waals surface area contributed by atoms with Gasteiger partial charge in [0.1, 0.15) is 11.3 Å². The molecule has 2 nitrogen and oxygen atoms in total. The second kappa shape index (κ2) is 5.05. The Morgan fingerprint density at radius 3 is 2.64 bits per heavy atom. The first-order valence-corrected chi connectivity index (χ1v) is 5.31. The molecule has 1 aromatic heterocycles. The first-order chi connectivity index (χ1) is 6.81. The molecule has 0 radical (unpaired) electrons. The second-order valence-electron chi connectivity index (χ2n) is 2.45. The number of benzene rings is 1. The van der Waals surface area contributed by atoms with Crippen LogP contribution in [0.5, 0.6) is 5.75 Å². The molecule has 0 aliphatic rings. The van der Waals surface area contributed by atoms with Crippen LogP contribution < -0.4 is 4.74 Å². The molecule has 0 spiro atoms. The van der Waals surface area contributed by atoms with Crippen molar-refractivity contribution in [2.24, 2.45) is 0 Å². The molecule has 0 N–H and O–H groups in total. The Morgan fingerprint density at radius 1 is 1.29 bits per heavy atom. The summed E-state index contributed by atoms with van der Waals surface area (Å²) in [7, 11) is 1.65. The van der Waals surface area contributed by atoms with Crippen molar-refractivity contribution in [1.82, 2.24) is 0 Å². The molecule has 0 aliphatic carbocycles. The van der Waals surface area contributed by atoms with Gasteiger partial charge in [0.2, 0.25) is 0 Å². The zero-order valence-electron chi connectivity index (χ0n) is 8.50. The van der Waals surface area contributed by atoms with Gasteiger partial charge in [-0.05, 0) is 34.1 Å². The molecule has 14 heavy (non-hydrogen) atoms. The second-order valence-corrected chi connectivity index (χ2v) is 3.30. The Balaban J connectivity index is 0.000000461. The normalized spacial score (nSPS) is 9.43. The molecule has 0 bridgehead atoms. The highest BCUT2D eigenvalue weighted by atomic mass is 79.9. The fourth-order valence-electron chi connectivity index (χ4n) is 1.13. The van der Waals surface area contributed by atoms with Crippen LogP contribution in [0.4, 0.5) is 0 Å². The third kappa shape index (κ3) is 2.10. The first kappa shape index (κ1) is 11.1. The smallest absolute Gasteiger partial charge is 0.148 e. The van der Waals surface area contributed by atoms with Gasteiger partial charge in [0.25, 0.3) is 0 Å². The highest BCUT2D eigenvalue weighted by Gasteiger charge is 2.03. The molecule has 1 aromatic carbocycles. The van der Waals surface area contributed by atoms with Crippen molar-refractivity contribution in [3.8, 4) is 5.75 Å².